The minimum absolute atomic E-state index is 0.0478. The molecule has 0 bridgehead atoms. The molecule has 1 saturated carbocycles. The highest BCUT2D eigenvalue weighted by Crippen LogP contribution is 2.33. The van der Waals surface area contributed by atoms with Gasteiger partial charge in [0.05, 0.1) is 25.6 Å². The number of nitrogens with one attached hydrogen (secondary N) is 2. The van der Waals surface area contributed by atoms with Gasteiger partial charge in [-0.25, -0.2) is 10.4 Å². The number of benzene rings is 2. The largest absolute Gasteiger partial charge is 0.493 e. The van der Waals surface area contributed by atoms with Crippen molar-refractivity contribution >= 4 is 12.2 Å². The van der Waals surface area contributed by atoms with Gasteiger partial charge >= 0.3 is 0 Å². The van der Waals surface area contributed by atoms with Gasteiger partial charge < -0.3 is 9.47 Å². The topological polar surface area (TPSA) is 112 Å². The Morgan fingerprint density at radius 3 is 2.77 bits per heavy atom. The number of hydrogen-bond donors (Lipinski definition) is 2. The van der Waals surface area contributed by atoms with Gasteiger partial charge in [-0.05, 0) is 42.5 Å². The Morgan fingerprint density at radius 2 is 2.06 bits per heavy atom. The van der Waals surface area contributed by atoms with Crippen molar-refractivity contribution in [3.8, 4) is 28.8 Å². The van der Waals surface area contributed by atoms with Crippen molar-refractivity contribution in [1.29, 1.82) is 5.26 Å². The lowest BCUT2D eigenvalue weighted by atomic mass is 10.1. The second kappa shape index (κ2) is 9.13. The lowest BCUT2D eigenvalue weighted by Crippen LogP contribution is -2.16. The molecular weight excluding hydrogens is 394 g/mol. The Balaban J connectivity index is 1.54. The number of aromatic amines is 1. The Morgan fingerprint density at radius 1 is 1.26 bits per heavy atom. The lowest BCUT2D eigenvalue weighted by molar-refractivity contribution is 0.280. The van der Waals surface area contributed by atoms with Crippen molar-refractivity contribution in [2.45, 2.75) is 12.8 Å². The molecule has 1 aliphatic rings. The van der Waals surface area contributed by atoms with E-state index in [1.54, 1.807) is 25.5 Å². The molecule has 3 aromatic rings. The average molecular weight is 415 g/mol. The van der Waals surface area contributed by atoms with Crippen LogP contribution in [0, 0.1) is 17.2 Å². The summed E-state index contributed by atoms with van der Waals surface area (Å²) in [5.74, 6) is 2.09. The van der Waals surface area contributed by atoms with Crippen molar-refractivity contribution in [2.75, 3.05) is 19.1 Å². The number of anilines is 1. The van der Waals surface area contributed by atoms with Crippen molar-refractivity contribution in [3.05, 3.63) is 70.0 Å². The van der Waals surface area contributed by atoms with Crippen molar-refractivity contribution in [1.82, 2.24) is 9.97 Å². The first-order valence-electron chi connectivity index (χ1n) is 9.87. The van der Waals surface area contributed by atoms with E-state index in [4.69, 9.17) is 9.47 Å². The van der Waals surface area contributed by atoms with Crippen LogP contribution in [0.15, 0.2) is 58.4 Å². The van der Waals surface area contributed by atoms with Gasteiger partial charge in [0, 0.05) is 5.56 Å². The molecule has 2 aromatic carbocycles. The first-order chi connectivity index (χ1) is 15.2. The van der Waals surface area contributed by atoms with E-state index in [9.17, 15) is 10.1 Å². The maximum atomic E-state index is 12.3. The minimum atomic E-state index is -0.533. The summed E-state index contributed by atoms with van der Waals surface area (Å²) in [4.78, 5) is 19.2. The highest BCUT2D eigenvalue weighted by molar-refractivity contribution is 5.81. The van der Waals surface area contributed by atoms with E-state index < -0.39 is 5.56 Å². The number of rotatable bonds is 8. The molecule has 0 saturated heterocycles. The van der Waals surface area contributed by atoms with Crippen molar-refractivity contribution < 1.29 is 9.47 Å². The molecular formula is C23H21N5O3. The average Bonchev–Trinajstić information content (AvgIpc) is 3.62. The summed E-state index contributed by atoms with van der Waals surface area (Å²) in [6.45, 7) is 0.674. The zero-order valence-corrected chi connectivity index (χ0v) is 17.0. The fraction of sp³-hybridized carbons (Fsp3) is 0.217. The number of H-pyrrole nitrogens is 1. The number of nitrogens with zero attached hydrogens (tertiary/aromatic N) is 3. The van der Waals surface area contributed by atoms with Crippen LogP contribution in [0.5, 0.6) is 11.5 Å². The van der Waals surface area contributed by atoms with Crippen molar-refractivity contribution in [3.63, 3.8) is 0 Å². The Kier molecular flexibility index (Phi) is 5.94. The number of aromatic nitrogens is 2. The molecule has 0 amide bonds. The molecule has 0 unspecified atom stereocenters. The van der Waals surface area contributed by atoms with Crippen LogP contribution >= 0.6 is 0 Å². The first kappa shape index (κ1) is 20.2. The minimum Gasteiger partial charge on any atom is -0.493 e. The standard InChI is InChI=1S/C23H21N5O3/c1-30-19-10-9-16(11-20(19)31-14-15-7-8-15)13-25-28-23-26-21(17-5-3-2-4-6-17)18(12-24)22(29)27-23/h2-6,9-11,13,15H,7-8,14H2,1H3,(H2,26,27,28,29). The number of hydrogen-bond acceptors (Lipinski definition) is 7. The summed E-state index contributed by atoms with van der Waals surface area (Å²) in [7, 11) is 1.60. The second-order valence-corrected chi connectivity index (χ2v) is 7.15. The molecule has 1 aromatic heterocycles. The van der Waals surface area contributed by atoms with Gasteiger partial charge in [-0.15, -0.1) is 0 Å². The van der Waals surface area contributed by atoms with Gasteiger partial charge in [0.2, 0.25) is 5.95 Å². The van der Waals surface area contributed by atoms with Crippen LogP contribution in [0.2, 0.25) is 0 Å². The van der Waals surface area contributed by atoms with Crippen LogP contribution < -0.4 is 20.5 Å². The van der Waals surface area contributed by atoms with E-state index in [2.05, 4.69) is 20.5 Å². The van der Waals surface area contributed by atoms with Gasteiger partial charge in [-0.3, -0.25) is 9.78 Å². The van der Waals surface area contributed by atoms with Crippen LogP contribution in [0.1, 0.15) is 24.0 Å². The lowest BCUT2D eigenvalue weighted by Gasteiger charge is -2.11. The van der Waals surface area contributed by atoms with Gasteiger partial charge in [0.25, 0.3) is 5.56 Å². The SMILES string of the molecule is COc1ccc(C=NNc2nc(-c3ccccc3)c(C#N)c(=O)[nH]2)cc1OCC1CC1. The first-order valence-corrected chi connectivity index (χ1v) is 9.87. The number of nitriles is 1. The van der Waals surface area contributed by atoms with E-state index in [1.165, 1.54) is 12.8 Å². The third-order valence-corrected chi connectivity index (χ3v) is 4.82. The predicted molar refractivity (Wildman–Crippen MR) is 117 cm³/mol. The van der Waals surface area contributed by atoms with Gasteiger partial charge in [0.1, 0.15) is 11.6 Å². The Hall–Kier alpha value is -4.12. The molecule has 1 fully saturated rings. The molecule has 0 radical (unpaired) electrons. The third-order valence-electron chi connectivity index (χ3n) is 4.82. The van der Waals surface area contributed by atoms with Crippen LogP contribution in [-0.2, 0) is 0 Å². The monoisotopic (exact) mass is 415 g/mol. The molecule has 0 spiro atoms. The number of ether oxygens (including phenoxy) is 2. The number of methoxy groups -OCH3 is 1. The highest BCUT2D eigenvalue weighted by Gasteiger charge is 2.22. The molecule has 8 heteroatoms. The second-order valence-electron chi connectivity index (χ2n) is 7.15. The zero-order chi connectivity index (χ0) is 21.6. The van der Waals surface area contributed by atoms with Gasteiger partial charge in [-0.1, -0.05) is 30.3 Å². The molecule has 4 rings (SSSR count). The Bertz CT molecular complexity index is 1190. The molecule has 1 aliphatic carbocycles. The Labute approximate surface area is 179 Å². The van der Waals surface area contributed by atoms with E-state index in [0.717, 1.165) is 5.56 Å². The summed E-state index contributed by atoms with van der Waals surface area (Å²) >= 11 is 0. The van der Waals surface area contributed by atoms with E-state index in [-0.39, 0.29) is 11.5 Å². The van der Waals surface area contributed by atoms with Gasteiger partial charge in [-0.2, -0.15) is 10.4 Å². The maximum absolute atomic E-state index is 12.3. The summed E-state index contributed by atoms with van der Waals surface area (Å²) in [6, 6.07) is 16.5. The van der Waals surface area contributed by atoms with Crippen molar-refractivity contribution in [2.24, 2.45) is 11.0 Å². The quantitative estimate of drug-likeness (QED) is 0.430. The fourth-order valence-electron chi connectivity index (χ4n) is 2.98. The molecule has 8 nitrogen and oxygen atoms in total. The summed E-state index contributed by atoms with van der Waals surface area (Å²) in [6.07, 6.45) is 3.99. The molecule has 0 atom stereocenters. The molecule has 0 aliphatic heterocycles. The summed E-state index contributed by atoms with van der Waals surface area (Å²) in [5.41, 5.74) is 3.90. The molecule has 1 heterocycles. The fourth-order valence-corrected chi connectivity index (χ4v) is 2.98. The molecule has 156 valence electrons. The zero-order valence-electron chi connectivity index (χ0n) is 17.0. The van der Waals surface area contributed by atoms with Crippen LogP contribution in [0.25, 0.3) is 11.3 Å². The summed E-state index contributed by atoms with van der Waals surface area (Å²) in [5, 5.41) is 13.5. The highest BCUT2D eigenvalue weighted by atomic mass is 16.5. The van der Waals surface area contributed by atoms with Crippen LogP contribution in [-0.4, -0.2) is 29.9 Å². The van der Waals surface area contributed by atoms with E-state index in [0.29, 0.717) is 35.3 Å². The molecule has 2 N–H and O–H groups in total. The van der Waals surface area contributed by atoms with E-state index >= 15 is 0 Å². The maximum Gasteiger partial charge on any atom is 0.270 e. The third kappa shape index (κ3) is 4.90. The summed E-state index contributed by atoms with van der Waals surface area (Å²) < 4.78 is 11.2. The van der Waals surface area contributed by atoms with Gasteiger partial charge in [0.15, 0.2) is 11.5 Å². The van der Waals surface area contributed by atoms with Crippen LogP contribution in [0.4, 0.5) is 5.95 Å². The van der Waals surface area contributed by atoms with E-state index in [1.807, 2.05) is 42.5 Å². The van der Waals surface area contributed by atoms with Crippen LogP contribution in [0.3, 0.4) is 0 Å². The molecule has 31 heavy (non-hydrogen) atoms. The smallest absolute Gasteiger partial charge is 0.270 e. The normalized spacial score (nSPS) is 13.0. The predicted octanol–water partition coefficient (Wildman–Crippen LogP) is 3.55. The number of hydrazone groups is 1.